The summed E-state index contributed by atoms with van der Waals surface area (Å²) in [6.07, 6.45) is 8.43. The summed E-state index contributed by atoms with van der Waals surface area (Å²) >= 11 is 0. The normalized spacial score (nSPS) is 28.5. The number of aliphatic hydroxyl groups excluding tert-OH is 1. The van der Waals surface area contributed by atoms with E-state index in [2.05, 4.69) is 9.89 Å². The van der Waals surface area contributed by atoms with Gasteiger partial charge in [-0.25, -0.2) is 13.2 Å². The molecule has 3 aliphatic heterocycles. The lowest BCUT2D eigenvalue weighted by Gasteiger charge is -2.33. The van der Waals surface area contributed by atoms with Gasteiger partial charge in [-0.2, -0.15) is 0 Å². The first kappa shape index (κ1) is 33.4. The number of piperazine rings is 1. The fraction of sp³-hybridized carbons (Fsp3) is 0.531. The van der Waals surface area contributed by atoms with E-state index in [1.54, 1.807) is 41.5 Å². The summed E-state index contributed by atoms with van der Waals surface area (Å²) in [5.74, 6) is -0.914. The summed E-state index contributed by atoms with van der Waals surface area (Å²) in [5.41, 5.74) is 1.32. The summed E-state index contributed by atoms with van der Waals surface area (Å²) in [6, 6.07) is 6.55. The van der Waals surface area contributed by atoms with Crippen LogP contribution in [0.25, 0.3) is 6.08 Å². The molecule has 0 bridgehead atoms. The second kappa shape index (κ2) is 15.0. The lowest BCUT2D eigenvalue weighted by Crippen LogP contribution is -2.48. The zero-order valence-corrected chi connectivity index (χ0v) is 26.7. The van der Waals surface area contributed by atoms with Crippen molar-refractivity contribution < 1.29 is 32.6 Å². The SMILES string of the molecule is C/C(=C\c1cccc(S(=O)(=O)N2C=CC=NC2)c1)[C@H]1OC(=O)C[C@H](O)CC[C@H](C)[C@@H](OC(=O)N2CCN(C)CC2)/C=C/[C@@H]1C. The second-order valence-corrected chi connectivity index (χ2v) is 13.8. The zero-order chi connectivity index (χ0) is 31.9. The highest BCUT2D eigenvalue weighted by molar-refractivity contribution is 7.89. The number of cyclic esters (lactones) is 1. The van der Waals surface area contributed by atoms with Gasteiger partial charge in [-0.15, -0.1) is 0 Å². The van der Waals surface area contributed by atoms with Crippen molar-refractivity contribution in [3.05, 3.63) is 59.8 Å². The number of aliphatic imine (C=N–C) groups is 1. The number of amides is 1. The van der Waals surface area contributed by atoms with Crippen LogP contribution in [0.1, 0.15) is 45.6 Å². The van der Waals surface area contributed by atoms with Crippen molar-refractivity contribution in [1.29, 1.82) is 0 Å². The maximum atomic E-state index is 13.2. The Morgan fingerprint density at radius 1 is 1.14 bits per heavy atom. The molecule has 0 radical (unpaired) electrons. The van der Waals surface area contributed by atoms with Crippen LogP contribution in [0, 0.1) is 11.8 Å². The van der Waals surface area contributed by atoms with Gasteiger partial charge in [-0.3, -0.25) is 14.1 Å². The summed E-state index contributed by atoms with van der Waals surface area (Å²) in [4.78, 5) is 33.9. The van der Waals surface area contributed by atoms with Crippen LogP contribution in [0.15, 0.2) is 64.2 Å². The number of sulfonamides is 1. The van der Waals surface area contributed by atoms with Gasteiger partial charge in [0.2, 0.25) is 0 Å². The van der Waals surface area contributed by atoms with Crippen molar-refractivity contribution >= 4 is 34.4 Å². The average Bonchev–Trinajstić information content (AvgIpc) is 3.00. The highest BCUT2D eigenvalue weighted by Gasteiger charge is 2.29. The van der Waals surface area contributed by atoms with Gasteiger partial charge in [-0.1, -0.05) is 38.1 Å². The van der Waals surface area contributed by atoms with E-state index >= 15 is 0 Å². The topological polar surface area (TPSA) is 129 Å². The van der Waals surface area contributed by atoms with Crippen LogP contribution in [0.3, 0.4) is 0 Å². The summed E-state index contributed by atoms with van der Waals surface area (Å²) in [5, 5.41) is 10.6. The quantitative estimate of drug-likeness (QED) is 0.387. The summed E-state index contributed by atoms with van der Waals surface area (Å²) in [6.45, 7) is 8.48. The monoisotopic (exact) mass is 628 g/mol. The minimum absolute atomic E-state index is 0.00987. The fourth-order valence-electron chi connectivity index (χ4n) is 5.40. The number of nitrogens with zero attached hydrogens (tertiary/aromatic N) is 4. The van der Waals surface area contributed by atoms with Crippen molar-refractivity contribution in [3.8, 4) is 0 Å². The van der Waals surface area contributed by atoms with Crippen molar-refractivity contribution in [2.75, 3.05) is 39.9 Å². The van der Waals surface area contributed by atoms with Gasteiger partial charge >= 0.3 is 12.1 Å². The summed E-state index contributed by atoms with van der Waals surface area (Å²) < 4.78 is 39.3. The van der Waals surface area contributed by atoms with Crippen LogP contribution in [-0.4, -0.2) is 104 Å². The smallest absolute Gasteiger partial charge is 0.410 e. The Kier molecular flexibility index (Phi) is 11.4. The Balaban J connectivity index is 1.57. The lowest BCUT2D eigenvalue weighted by molar-refractivity contribution is -0.151. The molecule has 11 nitrogen and oxygen atoms in total. The molecule has 1 amide bonds. The molecule has 240 valence electrons. The van der Waals surface area contributed by atoms with Gasteiger partial charge in [0.25, 0.3) is 10.0 Å². The molecular formula is C32H44N4O7S. The van der Waals surface area contributed by atoms with E-state index in [0.29, 0.717) is 37.1 Å². The standard InChI is InChI=1S/C32H44N4O7S/c1-23-9-11-27(37)21-30(38)43-31(24(2)10-12-29(23)42-32(39)35-17-15-34(4)16-18-35)25(3)19-26-7-5-8-28(20-26)44(40,41)36-14-6-13-33-22-36/h5-8,10,12-14,19-20,23-24,27,29,31,37H,9,11,15-18,21-22H2,1-4H3/b12-10+,25-19+/t23-,24-,27+,29-,31-/m0/s1. The average molecular weight is 629 g/mol. The van der Waals surface area contributed by atoms with Crippen molar-refractivity contribution in [3.63, 3.8) is 0 Å². The molecule has 0 saturated carbocycles. The van der Waals surface area contributed by atoms with Crippen LogP contribution < -0.4 is 0 Å². The number of esters is 1. The molecule has 5 atom stereocenters. The molecule has 1 aromatic rings. The molecule has 0 unspecified atom stereocenters. The number of likely N-dealkylation sites (N-methyl/N-ethyl adjacent to an activating group) is 1. The number of carbonyl (C=O) groups excluding carboxylic acids is 2. The molecule has 3 heterocycles. The third kappa shape index (κ3) is 8.80. The third-order valence-electron chi connectivity index (χ3n) is 8.23. The lowest BCUT2D eigenvalue weighted by atomic mass is 9.91. The van der Waals surface area contributed by atoms with E-state index in [1.807, 2.05) is 40.0 Å². The number of hydrogen-bond donors (Lipinski definition) is 1. The zero-order valence-electron chi connectivity index (χ0n) is 25.9. The largest absolute Gasteiger partial charge is 0.457 e. The molecule has 1 aromatic carbocycles. The van der Waals surface area contributed by atoms with Crippen molar-refractivity contribution in [2.45, 2.75) is 63.2 Å². The molecule has 1 fully saturated rings. The number of carbonyl (C=O) groups is 2. The molecule has 0 aliphatic carbocycles. The van der Waals surface area contributed by atoms with Gasteiger partial charge in [0.05, 0.1) is 17.4 Å². The number of benzene rings is 1. The third-order valence-corrected chi connectivity index (χ3v) is 9.93. The minimum Gasteiger partial charge on any atom is -0.457 e. The van der Waals surface area contributed by atoms with Crippen LogP contribution in [0.4, 0.5) is 4.79 Å². The summed E-state index contributed by atoms with van der Waals surface area (Å²) in [7, 11) is -1.78. The minimum atomic E-state index is -3.80. The Bertz CT molecular complexity index is 1400. The first-order valence-corrected chi connectivity index (χ1v) is 16.5. The molecule has 4 rings (SSSR count). The number of allylic oxidation sites excluding steroid dienone is 1. The second-order valence-electron chi connectivity index (χ2n) is 11.9. The Morgan fingerprint density at radius 2 is 1.89 bits per heavy atom. The maximum absolute atomic E-state index is 13.2. The first-order valence-electron chi connectivity index (χ1n) is 15.1. The Labute approximate surface area is 260 Å². The van der Waals surface area contributed by atoms with Gasteiger partial charge in [0.15, 0.2) is 0 Å². The van der Waals surface area contributed by atoms with Crippen LogP contribution in [0.2, 0.25) is 0 Å². The molecule has 0 aromatic heterocycles. The van der Waals surface area contributed by atoms with Crippen molar-refractivity contribution in [1.82, 2.24) is 14.1 Å². The number of ether oxygens (including phenoxy) is 2. The van der Waals surface area contributed by atoms with Gasteiger partial charge in [-0.05, 0) is 68.2 Å². The van der Waals surface area contributed by atoms with Crippen LogP contribution in [0.5, 0.6) is 0 Å². The fourth-order valence-corrected chi connectivity index (χ4v) is 6.66. The highest BCUT2D eigenvalue weighted by Crippen LogP contribution is 2.27. The Hall–Kier alpha value is -3.48. The molecule has 44 heavy (non-hydrogen) atoms. The van der Waals surface area contributed by atoms with Crippen LogP contribution >= 0.6 is 0 Å². The van der Waals surface area contributed by atoms with E-state index in [0.717, 1.165) is 13.1 Å². The van der Waals surface area contributed by atoms with E-state index in [9.17, 15) is 23.1 Å². The molecule has 0 spiro atoms. The Morgan fingerprint density at radius 3 is 2.59 bits per heavy atom. The van der Waals surface area contributed by atoms with Gasteiger partial charge < -0.3 is 24.4 Å². The van der Waals surface area contributed by atoms with Crippen LogP contribution in [-0.2, 0) is 24.3 Å². The van der Waals surface area contributed by atoms with Gasteiger partial charge in [0, 0.05) is 44.5 Å². The van der Waals surface area contributed by atoms with E-state index in [1.165, 1.54) is 16.6 Å². The van der Waals surface area contributed by atoms with E-state index in [-0.39, 0.29) is 35.9 Å². The predicted molar refractivity (Wildman–Crippen MR) is 168 cm³/mol. The highest BCUT2D eigenvalue weighted by atomic mass is 32.2. The molecule has 12 heteroatoms. The molecule has 1 N–H and O–H groups in total. The molecule has 1 saturated heterocycles. The van der Waals surface area contributed by atoms with Crippen molar-refractivity contribution in [2.24, 2.45) is 16.8 Å². The van der Waals surface area contributed by atoms with E-state index in [4.69, 9.17) is 9.47 Å². The maximum Gasteiger partial charge on any atom is 0.410 e. The molecule has 3 aliphatic rings. The molecular weight excluding hydrogens is 584 g/mol. The predicted octanol–water partition coefficient (Wildman–Crippen LogP) is 3.67. The van der Waals surface area contributed by atoms with Gasteiger partial charge in [0.1, 0.15) is 18.9 Å². The van der Waals surface area contributed by atoms with E-state index < -0.39 is 34.3 Å². The number of aliphatic hydroxyl groups is 1. The number of hydrogen-bond acceptors (Lipinski definition) is 9. The first-order chi connectivity index (χ1) is 20.9. The number of rotatable bonds is 5.